The molecular weight excluding hydrogens is 402 g/mol. The van der Waals surface area contributed by atoms with Gasteiger partial charge in [-0.2, -0.15) is 5.10 Å². The summed E-state index contributed by atoms with van der Waals surface area (Å²) in [5.74, 6) is 0.630. The van der Waals surface area contributed by atoms with E-state index in [9.17, 15) is 4.79 Å². The van der Waals surface area contributed by atoms with Gasteiger partial charge in [0.2, 0.25) is 5.91 Å². The van der Waals surface area contributed by atoms with E-state index in [0.29, 0.717) is 29.5 Å². The minimum absolute atomic E-state index is 0.166. The second-order valence-corrected chi connectivity index (χ2v) is 7.20. The van der Waals surface area contributed by atoms with Crippen LogP contribution in [0.5, 0.6) is 0 Å². The van der Waals surface area contributed by atoms with Crippen molar-refractivity contribution in [3.8, 4) is 5.69 Å². The summed E-state index contributed by atoms with van der Waals surface area (Å²) in [5, 5.41) is 7.61. The standard InChI is InChI=1S/C22H20ClN5O2/c23-18-8-9-21(28-16-24-15-25-28)20(11-18)26-22(29)14-27(13-19-7-4-10-30-19)12-17-5-2-1-3-6-17/h1-11,15-16H,12-14H2,(H,26,29). The molecule has 0 aliphatic rings. The van der Waals surface area contributed by atoms with Gasteiger partial charge in [-0.05, 0) is 35.9 Å². The molecule has 0 saturated heterocycles. The monoisotopic (exact) mass is 421 g/mol. The average Bonchev–Trinajstić information content (AvgIpc) is 3.43. The van der Waals surface area contributed by atoms with Crippen molar-refractivity contribution in [2.45, 2.75) is 13.1 Å². The molecule has 0 saturated carbocycles. The summed E-state index contributed by atoms with van der Waals surface area (Å²) in [5.41, 5.74) is 2.37. The van der Waals surface area contributed by atoms with Crippen molar-refractivity contribution in [1.82, 2.24) is 19.7 Å². The van der Waals surface area contributed by atoms with E-state index >= 15 is 0 Å². The summed E-state index contributed by atoms with van der Waals surface area (Å²) in [6.07, 6.45) is 4.63. The maximum atomic E-state index is 12.9. The number of amides is 1. The molecule has 8 heteroatoms. The van der Waals surface area contributed by atoms with Gasteiger partial charge in [0.25, 0.3) is 0 Å². The zero-order valence-electron chi connectivity index (χ0n) is 16.1. The lowest BCUT2D eigenvalue weighted by atomic mass is 10.2. The molecule has 1 amide bonds. The van der Waals surface area contributed by atoms with Crippen molar-refractivity contribution < 1.29 is 9.21 Å². The van der Waals surface area contributed by atoms with Crippen LogP contribution in [0.2, 0.25) is 5.02 Å². The van der Waals surface area contributed by atoms with Crippen LogP contribution in [0.4, 0.5) is 5.69 Å². The summed E-state index contributed by atoms with van der Waals surface area (Å²) in [4.78, 5) is 18.9. The SMILES string of the molecule is O=C(CN(Cc1ccccc1)Cc1ccco1)Nc1cc(Cl)ccc1-n1cncn1. The number of nitrogens with zero attached hydrogens (tertiary/aromatic N) is 4. The van der Waals surface area contributed by atoms with E-state index in [-0.39, 0.29) is 12.5 Å². The van der Waals surface area contributed by atoms with E-state index < -0.39 is 0 Å². The third-order valence-corrected chi connectivity index (χ3v) is 4.71. The molecule has 0 atom stereocenters. The first kappa shape index (κ1) is 19.9. The second kappa shape index (κ2) is 9.39. The Bertz CT molecular complexity index is 1080. The third-order valence-electron chi connectivity index (χ3n) is 4.47. The lowest BCUT2D eigenvalue weighted by Gasteiger charge is -2.21. The molecule has 4 aromatic rings. The fourth-order valence-electron chi connectivity index (χ4n) is 3.17. The van der Waals surface area contributed by atoms with Gasteiger partial charge in [0.05, 0.1) is 30.7 Å². The van der Waals surface area contributed by atoms with E-state index in [1.54, 1.807) is 35.5 Å². The van der Waals surface area contributed by atoms with Gasteiger partial charge in [-0.1, -0.05) is 41.9 Å². The number of carbonyl (C=O) groups excluding carboxylic acids is 1. The number of rotatable bonds is 8. The van der Waals surface area contributed by atoms with Crippen molar-refractivity contribution in [3.05, 3.63) is 95.9 Å². The molecule has 0 radical (unpaired) electrons. The Morgan fingerprint density at radius 1 is 1.10 bits per heavy atom. The van der Waals surface area contributed by atoms with Gasteiger partial charge in [0, 0.05) is 11.6 Å². The number of hydrogen-bond donors (Lipinski definition) is 1. The topological polar surface area (TPSA) is 76.2 Å². The van der Waals surface area contributed by atoms with Crippen molar-refractivity contribution in [2.75, 3.05) is 11.9 Å². The minimum Gasteiger partial charge on any atom is -0.468 e. The highest BCUT2D eigenvalue weighted by molar-refractivity contribution is 6.31. The third kappa shape index (κ3) is 5.14. The normalized spacial score (nSPS) is 11.0. The highest BCUT2D eigenvalue weighted by Gasteiger charge is 2.16. The van der Waals surface area contributed by atoms with Gasteiger partial charge in [0.15, 0.2) is 0 Å². The fraction of sp³-hybridized carbons (Fsp3) is 0.136. The summed E-state index contributed by atoms with van der Waals surface area (Å²) < 4.78 is 7.06. The van der Waals surface area contributed by atoms with E-state index in [1.807, 2.05) is 47.4 Å². The van der Waals surface area contributed by atoms with E-state index in [4.69, 9.17) is 16.0 Å². The van der Waals surface area contributed by atoms with Crippen LogP contribution in [0.1, 0.15) is 11.3 Å². The number of carbonyl (C=O) groups is 1. The first-order valence-corrected chi connectivity index (χ1v) is 9.78. The fourth-order valence-corrected chi connectivity index (χ4v) is 3.34. The number of furan rings is 1. The Balaban J connectivity index is 1.51. The van der Waals surface area contributed by atoms with Crippen LogP contribution in [0.25, 0.3) is 5.69 Å². The molecular formula is C22H20ClN5O2. The summed E-state index contributed by atoms with van der Waals surface area (Å²) in [6, 6.07) is 19.0. The molecule has 2 aromatic heterocycles. The number of benzene rings is 2. The van der Waals surface area contributed by atoms with Crippen LogP contribution >= 0.6 is 11.6 Å². The van der Waals surface area contributed by atoms with Gasteiger partial charge in [0.1, 0.15) is 18.4 Å². The molecule has 0 aliphatic carbocycles. The highest BCUT2D eigenvalue weighted by Crippen LogP contribution is 2.24. The predicted molar refractivity (Wildman–Crippen MR) is 114 cm³/mol. The Morgan fingerprint density at radius 3 is 2.70 bits per heavy atom. The van der Waals surface area contributed by atoms with Crippen molar-refractivity contribution in [3.63, 3.8) is 0 Å². The number of halogens is 1. The molecule has 152 valence electrons. The van der Waals surface area contributed by atoms with E-state index in [2.05, 4.69) is 15.4 Å². The molecule has 0 aliphatic heterocycles. The number of hydrogen-bond acceptors (Lipinski definition) is 5. The molecule has 2 heterocycles. The molecule has 0 spiro atoms. The maximum Gasteiger partial charge on any atom is 0.238 e. The largest absolute Gasteiger partial charge is 0.468 e. The molecule has 0 bridgehead atoms. The first-order chi connectivity index (χ1) is 14.7. The molecule has 7 nitrogen and oxygen atoms in total. The summed E-state index contributed by atoms with van der Waals surface area (Å²) in [7, 11) is 0. The molecule has 1 N–H and O–H groups in total. The van der Waals surface area contributed by atoms with Crippen molar-refractivity contribution in [1.29, 1.82) is 0 Å². The Kier molecular flexibility index (Phi) is 6.22. The smallest absolute Gasteiger partial charge is 0.238 e. The minimum atomic E-state index is -0.166. The Morgan fingerprint density at radius 2 is 1.97 bits per heavy atom. The Hall–Kier alpha value is -3.42. The molecule has 2 aromatic carbocycles. The number of anilines is 1. The molecule has 30 heavy (non-hydrogen) atoms. The maximum absolute atomic E-state index is 12.9. The molecule has 0 unspecified atom stereocenters. The van der Waals surface area contributed by atoms with Crippen LogP contribution in [0.3, 0.4) is 0 Å². The Labute approximate surface area is 178 Å². The van der Waals surface area contributed by atoms with Crippen molar-refractivity contribution >= 4 is 23.2 Å². The van der Waals surface area contributed by atoms with Gasteiger partial charge >= 0.3 is 0 Å². The van der Waals surface area contributed by atoms with E-state index in [1.165, 1.54) is 6.33 Å². The zero-order valence-corrected chi connectivity index (χ0v) is 16.9. The zero-order chi connectivity index (χ0) is 20.8. The van der Waals surface area contributed by atoms with Crippen LogP contribution in [0.15, 0.2) is 84.0 Å². The van der Waals surface area contributed by atoms with Gasteiger partial charge in [-0.15, -0.1) is 0 Å². The molecule has 0 fully saturated rings. The number of nitrogens with one attached hydrogen (secondary N) is 1. The first-order valence-electron chi connectivity index (χ1n) is 9.40. The highest BCUT2D eigenvalue weighted by atomic mass is 35.5. The quantitative estimate of drug-likeness (QED) is 0.462. The van der Waals surface area contributed by atoms with E-state index in [0.717, 1.165) is 11.3 Å². The van der Waals surface area contributed by atoms with Crippen LogP contribution in [-0.2, 0) is 17.9 Å². The van der Waals surface area contributed by atoms with Crippen LogP contribution < -0.4 is 5.32 Å². The second-order valence-electron chi connectivity index (χ2n) is 6.76. The van der Waals surface area contributed by atoms with Crippen LogP contribution in [0, 0.1) is 0 Å². The van der Waals surface area contributed by atoms with Gasteiger partial charge in [-0.3, -0.25) is 9.69 Å². The van der Waals surface area contributed by atoms with Crippen LogP contribution in [-0.4, -0.2) is 32.1 Å². The lowest BCUT2D eigenvalue weighted by molar-refractivity contribution is -0.117. The van der Waals surface area contributed by atoms with Crippen molar-refractivity contribution in [2.24, 2.45) is 0 Å². The molecule has 4 rings (SSSR count). The van der Waals surface area contributed by atoms with Gasteiger partial charge in [-0.25, -0.2) is 9.67 Å². The van der Waals surface area contributed by atoms with Gasteiger partial charge < -0.3 is 9.73 Å². The summed E-state index contributed by atoms with van der Waals surface area (Å²) >= 11 is 6.15. The lowest BCUT2D eigenvalue weighted by Crippen LogP contribution is -2.32. The number of aromatic nitrogens is 3. The summed E-state index contributed by atoms with van der Waals surface area (Å²) in [6.45, 7) is 1.31. The predicted octanol–water partition coefficient (Wildman–Crippen LogP) is 4.15. The average molecular weight is 422 g/mol.